The fourth-order valence-electron chi connectivity index (χ4n) is 3.87. The highest BCUT2D eigenvalue weighted by Crippen LogP contribution is 2.36. The number of carbonyl (C=O) groups is 1. The fraction of sp³-hybridized carbons (Fsp3) is 0.160. The number of pyridine rings is 1. The zero-order chi connectivity index (χ0) is 24.4. The number of carbonyl (C=O) groups excluding carboxylic acids is 1. The highest BCUT2D eigenvalue weighted by molar-refractivity contribution is 6.03. The standard InChI is InChI=1S/C25H19F3N4O3/c26-25(27,28)35-20-5-1-16(2-6-20)15-34-19-7-3-17(4-8-19)21-22(18-9-11-29-12-10-18)31-32-14-13-30-24(33)23(21)32/h1-12H,13-15H2,(H,30,33). The molecular weight excluding hydrogens is 461 g/mol. The molecule has 1 aliphatic rings. The number of aromatic nitrogens is 3. The van der Waals surface area contributed by atoms with Crippen molar-refractivity contribution in [2.45, 2.75) is 19.5 Å². The van der Waals surface area contributed by atoms with E-state index in [2.05, 4.69) is 15.0 Å². The number of rotatable bonds is 6. The molecule has 35 heavy (non-hydrogen) atoms. The normalized spacial score (nSPS) is 13.2. The lowest BCUT2D eigenvalue weighted by Gasteiger charge is -2.15. The van der Waals surface area contributed by atoms with Crippen molar-refractivity contribution in [3.8, 4) is 33.9 Å². The number of hydrogen-bond donors (Lipinski definition) is 1. The molecule has 0 radical (unpaired) electrons. The molecule has 0 bridgehead atoms. The van der Waals surface area contributed by atoms with E-state index in [1.54, 1.807) is 29.2 Å². The Kier molecular flexibility index (Phi) is 5.86. The van der Waals surface area contributed by atoms with Crippen LogP contribution >= 0.6 is 0 Å². The van der Waals surface area contributed by atoms with Crippen molar-refractivity contribution in [1.29, 1.82) is 0 Å². The first kappa shape index (κ1) is 22.5. The van der Waals surface area contributed by atoms with Gasteiger partial charge in [-0.1, -0.05) is 24.3 Å². The Bertz CT molecular complexity index is 1340. The first-order valence-electron chi connectivity index (χ1n) is 10.7. The van der Waals surface area contributed by atoms with Crippen LogP contribution in [0.1, 0.15) is 16.1 Å². The Balaban J connectivity index is 1.36. The summed E-state index contributed by atoms with van der Waals surface area (Å²) >= 11 is 0. The molecule has 0 saturated carbocycles. The van der Waals surface area contributed by atoms with Gasteiger partial charge in [-0.2, -0.15) is 5.10 Å². The summed E-state index contributed by atoms with van der Waals surface area (Å²) in [6, 6.07) is 16.4. The number of benzene rings is 2. The maximum atomic E-state index is 12.7. The lowest BCUT2D eigenvalue weighted by Crippen LogP contribution is -2.35. The van der Waals surface area contributed by atoms with Gasteiger partial charge in [-0.3, -0.25) is 14.5 Å². The van der Waals surface area contributed by atoms with Crippen molar-refractivity contribution in [3.63, 3.8) is 0 Å². The second-order valence-electron chi connectivity index (χ2n) is 7.79. The molecule has 1 aliphatic heterocycles. The molecule has 7 nitrogen and oxygen atoms in total. The van der Waals surface area contributed by atoms with E-state index in [4.69, 9.17) is 9.84 Å². The van der Waals surface area contributed by atoms with Gasteiger partial charge in [0, 0.05) is 30.1 Å². The summed E-state index contributed by atoms with van der Waals surface area (Å²) in [5.74, 6) is 0.0989. The number of ether oxygens (including phenoxy) is 2. The minimum Gasteiger partial charge on any atom is -0.489 e. The van der Waals surface area contributed by atoms with Crippen LogP contribution < -0.4 is 14.8 Å². The predicted octanol–water partition coefficient (Wildman–Crippen LogP) is 4.83. The molecule has 178 valence electrons. The second-order valence-corrected chi connectivity index (χ2v) is 7.79. The number of nitrogens with one attached hydrogen (secondary N) is 1. The number of hydrogen-bond acceptors (Lipinski definition) is 5. The third kappa shape index (κ3) is 4.96. The molecule has 0 saturated heterocycles. The van der Waals surface area contributed by atoms with Crippen LogP contribution in [0.15, 0.2) is 73.1 Å². The molecule has 0 aliphatic carbocycles. The van der Waals surface area contributed by atoms with Gasteiger partial charge in [0.05, 0.1) is 6.54 Å². The van der Waals surface area contributed by atoms with Crippen molar-refractivity contribution >= 4 is 5.91 Å². The minimum atomic E-state index is -4.73. The Hall–Kier alpha value is -4.34. The maximum Gasteiger partial charge on any atom is 0.573 e. The van der Waals surface area contributed by atoms with E-state index in [1.165, 1.54) is 24.3 Å². The molecular formula is C25H19F3N4O3. The van der Waals surface area contributed by atoms with Gasteiger partial charge in [-0.25, -0.2) is 0 Å². The van der Waals surface area contributed by atoms with Crippen molar-refractivity contribution < 1.29 is 27.4 Å². The Morgan fingerprint density at radius 2 is 1.60 bits per heavy atom. The first-order valence-corrected chi connectivity index (χ1v) is 10.7. The van der Waals surface area contributed by atoms with Crippen LogP contribution in [0.5, 0.6) is 11.5 Å². The van der Waals surface area contributed by atoms with Crippen LogP contribution in [0.3, 0.4) is 0 Å². The fourth-order valence-corrected chi connectivity index (χ4v) is 3.87. The Morgan fingerprint density at radius 3 is 2.29 bits per heavy atom. The van der Waals surface area contributed by atoms with Gasteiger partial charge in [0.2, 0.25) is 0 Å². The lowest BCUT2D eigenvalue weighted by atomic mass is 9.98. The van der Waals surface area contributed by atoms with Crippen molar-refractivity contribution in [2.24, 2.45) is 0 Å². The maximum absolute atomic E-state index is 12.7. The number of halogens is 3. The van der Waals surface area contributed by atoms with E-state index in [-0.39, 0.29) is 18.3 Å². The quantitative estimate of drug-likeness (QED) is 0.428. The largest absolute Gasteiger partial charge is 0.573 e. The molecule has 0 spiro atoms. The summed E-state index contributed by atoms with van der Waals surface area (Å²) in [5, 5.41) is 7.56. The molecule has 5 rings (SSSR count). The molecule has 0 atom stereocenters. The molecule has 2 aromatic heterocycles. The van der Waals surface area contributed by atoms with Crippen LogP contribution in [-0.2, 0) is 13.2 Å². The summed E-state index contributed by atoms with van der Waals surface area (Å²) in [5.41, 5.74) is 4.25. The van der Waals surface area contributed by atoms with E-state index in [1.807, 2.05) is 24.3 Å². The third-order valence-electron chi connectivity index (χ3n) is 5.44. The van der Waals surface area contributed by atoms with Crippen LogP contribution in [-0.4, -0.2) is 33.6 Å². The predicted molar refractivity (Wildman–Crippen MR) is 121 cm³/mol. The minimum absolute atomic E-state index is 0.166. The average Bonchev–Trinajstić information content (AvgIpc) is 3.25. The van der Waals surface area contributed by atoms with E-state index in [9.17, 15) is 18.0 Å². The Labute approximate surface area is 198 Å². The smallest absolute Gasteiger partial charge is 0.489 e. The molecule has 3 heterocycles. The highest BCUT2D eigenvalue weighted by atomic mass is 19.4. The number of nitrogens with zero attached hydrogens (tertiary/aromatic N) is 3. The molecule has 1 N–H and O–H groups in total. The van der Waals surface area contributed by atoms with Crippen LogP contribution in [0.4, 0.5) is 13.2 Å². The van der Waals surface area contributed by atoms with Gasteiger partial charge < -0.3 is 14.8 Å². The second kappa shape index (κ2) is 9.13. The average molecular weight is 480 g/mol. The summed E-state index contributed by atoms with van der Waals surface area (Å²) in [6.07, 6.45) is -1.38. The van der Waals surface area contributed by atoms with E-state index in [0.717, 1.165) is 16.7 Å². The third-order valence-corrected chi connectivity index (χ3v) is 5.44. The number of fused-ring (bicyclic) bond motifs is 1. The Morgan fingerprint density at radius 1 is 0.914 bits per heavy atom. The monoisotopic (exact) mass is 480 g/mol. The zero-order valence-electron chi connectivity index (χ0n) is 18.2. The van der Waals surface area contributed by atoms with Crippen molar-refractivity contribution in [3.05, 3.63) is 84.3 Å². The van der Waals surface area contributed by atoms with Crippen LogP contribution in [0.25, 0.3) is 22.4 Å². The molecule has 0 unspecified atom stereocenters. The molecule has 2 aromatic carbocycles. The van der Waals surface area contributed by atoms with E-state index in [0.29, 0.717) is 35.8 Å². The van der Waals surface area contributed by atoms with Gasteiger partial charge in [0.25, 0.3) is 5.91 Å². The topological polar surface area (TPSA) is 78.3 Å². The van der Waals surface area contributed by atoms with E-state index >= 15 is 0 Å². The first-order chi connectivity index (χ1) is 16.9. The molecule has 1 amide bonds. The van der Waals surface area contributed by atoms with Gasteiger partial charge in [0.15, 0.2) is 0 Å². The van der Waals surface area contributed by atoms with Gasteiger partial charge in [-0.15, -0.1) is 13.2 Å². The number of amides is 1. The zero-order valence-corrected chi connectivity index (χ0v) is 18.2. The van der Waals surface area contributed by atoms with Crippen LogP contribution in [0, 0.1) is 0 Å². The molecule has 0 fully saturated rings. The van der Waals surface area contributed by atoms with Crippen molar-refractivity contribution in [1.82, 2.24) is 20.1 Å². The summed E-state index contributed by atoms with van der Waals surface area (Å²) in [4.78, 5) is 16.7. The van der Waals surface area contributed by atoms with Gasteiger partial charge >= 0.3 is 6.36 Å². The van der Waals surface area contributed by atoms with Gasteiger partial charge in [0.1, 0.15) is 29.5 Å². The van der Waals surface area contributed by atoms with E-state index < -0.39 is 6.36 Å². The SMILES string of the molecule is O=C1NCCn2nc(-c3ccncc3)c(-c3ccc(OCc4ccc(OC(F)(F)F)cc4)cc3)c21. The summed E-state index contributed by atoms with van der Waals surface area (Å²) in [7, 11) is 0. The van der Waals surface area contributed by atoms with Gasteiger partial charge in [-0.05, 0) is 47.5 Å². The lowest BCUT2D eigenvalue weighted by molar-refractivity contribution is -0.274. The highest BCUT2D eigenvalue weighted by Gasteiger charge is 2.31. The van der Waals surface area contributed by atoms with Crippen molar-refractivity contribution in [2.75, 3.05) is 6.54 Å². The van der Waals surface area contributed by atoms with Crippen LogP contribution in [0.2, 0.25) is 0 Å². The molecule has 4 aromatic rings. The summed E-state index contributed by atoms with van der Waals surface area (Å²) < 4.78 is 48.3. The molecule has 10 heteroatoms. The number of alkyl halides is 3. The summed E-state index contributed by atoms with van der Waals surface area (Å²) in [6.45, 7) is 1.26.